The molecular formula is C21H24N2O7. The van der Waals surface area contributed by atoms with Crippen LogP contribution < -0.4 is 0 Å². The molecule has 9 nitrogen and oxygen atoms in total. The number of hydrogen-bond acceptors (Lipinski definition) is 7. The number of carbonyl (C=O) groups excluding carboxylic acids is 4. The van der Waals surface area contributed by atoms with Gasteiger partial charge in [-0.05, 0) is 45.7 Å². The molecule has 3 aliphatic rings. The maximum atomic E-state index is 13.1. The highest BCUT2D eigenvalue weighted by Crippen LogP contribution is 2.47. The molecule has 0 saturated carbocycles. The van der Waals surface area contributed by atoms with Gasteiger partial charge in [-0.15, -0.1) is 0 Å². The number of rotatable bonds is 2. The van der Waals surface area contributed by atoms with Crippen molar-refractivity contribution in [2.75, 3.05) is 19.8 Å². The third-order valence-electron chi connectivity index (χ3n) is 5.65. The Hall–Kier alpha value is -2.94. The van der Waals surface area contributed by atoms with Gasteiger partial charge in [0.1, 0.15) is 11.6 Å². The zero-order valence-electron chi connectivity index (χ0n) is 17.2. The predicted molar refractivity (Wildman–Crippen MR) is 102 cm³/mol. The molecule has 3 amide bonds. The molecule has 9 heteroatoms. The molecule has 1 aromatic carbocycles. The third kappa shape index (κ3) is 3.32. The lowest BCUT2D eigenvalue weighted by Crippen LogP contribution is -2.71. The average Bonchev–Trinajstić information content (AvgIpc) is 2.91. The maximum Gasteiger partial charge on any atom is 0.411 e. The number of fused-ring (bicyclic) bond motifs is 1. The number of benzene rings is 1. The van der Waals surface area contributed by atoms with E-state index < -0.39 is 40.9 Å². The lowest BCUT2D eigenvalue weighted by molar-refractivity contribution is -0.199. The Kier molecular flexibility index (Phi) is 4.80. The second kappa shape index (κ2) is 7.09. The highest BCUT2D eigenvalue weighted by molar-refractivity contribution is 6.21. The zero-order chi connectivity index (χ0) is 21.7. The molecule has 2 saturated heterocycles. The van der Waals surface area contributed by atoms with Crippen LogP contribution in [0.15, 0.2) is 24.3 Å². The number of imide groups is 1. The molecule has 0 N–H and O–H groups in total. The summed E-state index contributed by atoms with van der Waals surface area (Å²) < 4.78 is 10.8. The minimum Gasteiger partial charge on any atom is -0.444 e. The van der Waals surface area contributed by atoms with E-state index in [1.54, 1.807) is 32.9 Å². The van der Waals surface area contributed by atoms with Crippen LogP contribution >= 0.6 is 0 Å². The van der Waals surface area contributed by atoms with Gasteiger partial charge in [-0.25, -0.2) is 9.59 Å². The lowest BCUT2D eigenvalue weighted by Gasteiger charge is -2.56. The molecule has 30 heavy (non-hydrogen) atoms. The van der Waals surface area contributed by atoms with Crippen LogP contribution in [0.5, 0.6) is 0 Å². The molecule has 4 rings (SSSR count). The number of amides is 3. The van der Waals surface area contributed by atoms with E-state index in [1.165, 1.54) is 17.0 Å². The fourth-order valence-corrected chi connectivity index (χ4v) is 4.20. The van der Waals surface area contributed by atoms with Gasteiger partial charge < -0.3 is 14.3 Å². The van der Waals surface area contributed by atoms with E-state index in [-0.39, 0.29) is 11.1 Å². The number of hydrogen-bond donors (Lipinski definition) is 0. The van der Waals surface area contributed by atoms with E-state index in [0.29, 0.717) is 37.7 Å². The number of likely N-dealkylation sites (tertiary alicyclic amines) is 1. The molecule has 1 spiro atoms. The highest BCUT2D eigenvalue weighted by Gasteiger charge is 2.61. The van der Waals surface area contributed by atoms with Crippen molar-refractivity contribution in [3.63, 3.8) is 0 Å². The number of hydroxylamine groups is 2. The van der Waals surface area contributed by atoms with Crippen LogP contribution in [0.2, 0.25) is 0 Å². The summed E-state index contributed by atoms with van der Waals surface area (Å²) in [7, 11) is 0. The zero-order valence-corrected chi connectivity index (χ0v) is 17.2. The number of nitrogens with zero attached hydrogens (tertiary/aromatic N) is 2. The van der Waals surface area contributed by atoms with E-state index in [4.69, 9.17) is 14.3 Å². The van der Waals surface area contributed by atoms with Crippen LogP contribution in [0.1, 0.15) is 54.3 Å². The van der Waals surface area contributed by atoms with Gasteiger partial charge in [-0.3, -0.25) is 14.5 Å². The van der Waals surface area contributed by atoms with Crippen molar-refractivity contribution in [3.05, 3.63) is 35.4 Å². The average molecular weight is 416 g/mol. The van der Waals surface area contributed by atoms with Crippen LogP contribution in [0.3, 0.4) is 0 Å². The Balaban J connectivity index is 1.55. The monoisotopic (exact) mass is 416 g/mol. The van der Waals surface area contributed by atoms with E-state index in [2.05, 4.69) is 0 Å². The van der Waals surface area contributed by atoms with Crippen molar-refractivity contribution in [1.29, 1.82) is 0 Å². The molecule has 160 valence electrons. The van der Waals surface area contributed by atoms with E-state index in [1.807, 2.05) is 0 Å². The fraction of sp³-hybridized carbons (Fsp3) is 0.524. The predicted octanol–water partition coefficient (Wildman–Crippen LogP) is 2.16. The first-order valence-corrected chi connectivity index (χ1v) is 9.90. The molecule has 1 aromatic rings. The Labute approximate surface area is 173 Å². The lowest BCUT2D eigenvalue weighted by atomic mass is 9.66. The van der Waals surface area contributed by atoms with Crippen molar-refractivity contribution in [1.82, 2.24) is 9.96 Å². The van der Waals surface area contributed by atoms with Gasteiger partial charge in [0.2, 0.25) is 0 Å². The molecule has 1 unspecified atom stereocenters. The molecule has 2 fully saturated rings. The van der Waals surface area contributed by atoms with Crippen molar-refractivity contribution >= 4 is 23.9 Å². The standard InChI is InChI=1S/C21H24N2O7/c1-20(2,3)29-19(27)22-12-21(8-10-28-11-9-21)15(22)18(26)30-23-16(24)13-6-4-5-7-14(13)17(23)25/h4-7,15H,8-12H2,1-3H3. The Morgan fingerprint density at radius 1 is 1.07 bits per heavy atom. The first-order valence-electron chi connectivity index (χ1n) is 9.90. The van der Waals surface area contributed by atoms with E-state index in [0.717, 1.165) is 0 Å². The Bertz CT molecular complexity index is 879. The van der Waals surface area contributed by atoms with E-state index in [9.17, 15) is 19.2 Å². The minimum atomic E-state index is -0.958. The first kappa shape index (κ1) is 20.3. The summed E-state index contributed by atoms with van der Waals surface area (Å²) in [5.74, 6) is -2.23. The summed E-state index contributed by atoms with van der Waals surface area (Å²) in [5.41, 5.74) is -0.903. The van der Waals surface area contributed by atoms with Crippen LogP contribution in [0, 0.1) is 5.41 Å². The smallest absolute Gasteiger partial charge is 0.411 e. The van der Waals surface area contributed by atoms with Crippen molar-refractivity contribution in [2.24, 2.45) is 5.41 Å². The van der Waals surface area contributed by atoms with Gasteiger partial charge in [0.25, 0.3) is 11.8 Å². The highest BCUT2D eigenvalue weighted by atomic mass is 16.7. The fourth-order valence-electron chi connectivity index (χ4n) is 4.20. The van der Waals surface area contributed by atoms with Gasteiger partial charge in [-0.2, -0.15) is 0 Å². The Morgan fingerprint density at radius 3 is 2.17 bits per heavy atom. The Morgan fingerprint density at radius 2 is 1.63 bits per heavy atom. The molecule has 1 atom stereocenters. The summed E-state index contributed by atoms with van der Waals surface area (Å²) in [6.07, 6.45) is 0.492. The topological polar surface area (TPSA) is 102 Å². The molecule has 0 radical (unpaired) electrons. The van der Waals surface area contributed by atoms with Crippen LogP contribution in [-0.4, -0.2) is 65.2 Å². The number of carbonyl (C=O) groups is 4. The van der Waals surface area contributed by atoms with Gasteiger partial charge >= 0.3 is 12.1 Å². The van der Waals surface area contributed by atoms with Crippen LogP contribution in [0.4, 0.5) is 4.79 Å². The van der Waals surface area contributed by atoms with E-state index >= 15 is 0 Å². The summed E-state index contributed by atoms with van der Waals surface area (Å²) >= 11 is 0. The third-order valence-corrected chi connectivity index (χ3v) is 5.65. The van der Waals surface area contributed by atoms with Gasteiger partial charge in [0.05, 0.1) is 11.1 Å². The molecule has 0 bridgehead atoms. The summed E-state index contributed by atoms with van der Waals surface area (Å²) in [4.78, 5) is 57.4. The second-order valence-corrected chi connectivity index (χ2v) is 8.85. The van der Waals surface area contributed by atoms with Crippen molar-refractivity contribution in [3.8, 4) is 0 Å². The quantitative estimate of drug-likeness (QED) is 0.681. The number of ether oxygens (including phenoxy) is 2. The van der Waals surface area contributed by atoms with Gasteiger partial charge in [0, 0.05) is 25.2 Å². The van der Waals surface area contributed by atoms with Gasteiger partial charge in [-0.1, -0.05) is 17.2 Å². The minimum absolute atomic E-state index is 0.175. The van der Waals surface area contributed by atoms with Crippen LogP contribution in [-0.2, 0) is 19.1 Å². The van der Waals surface area contributed by atoms with Gasteiger partial charge in [0.15, 0.2) is 0 Å². The maximum absolute atomic E-state index is 13.1. The summed E-state index contributed by atoms with van der Waals surface area (Å²) in [6, 6.07) is 5.30. The molecular weight excluding hydrogens is 392 g/mol. The molecule has 3 aliphatic heterocycles. The molecule has 3 heterocycles. The molecule has 0 aliphatic carbocycles. The van der Waals surface area contributed by atoms with Crippen LogP contribution in [0.25, 0.3) is 0 Å². The molecule has 0 aromatic heterocycles. The second-order valence-electron chi connectivity index (χ2n) is 8.85. The normalized spacial score (nSPS) is 22.6. The summed E-state index contributed by atoms with van der Waals surface area (Å²) in [5, 5.41) is 0.478. The summed E-state index contributed by atoms with van der Waals surface area (Å²) in [6.45, 7) is 6.45. The largest absolute Gasteiger partial charge is 0.444 e. The van der Waals surface area contributed by atoms with Crippen molar-refractivity contribution in [2.45, 2.75) is 45.3 Å². The van der Waals surface area contributed by atoms with Crippen molar-refractivity contribution < 1.29 is 33.5 Å². The first-order chi connectivity index (χ1) is 14.1. The SMILES string of the molecule is CC(C)(C)OC(=O)N1CC2(CCOCC2)C1C(=O)ON1C(=O)c2ccccc2C1=O.